The van der Waals surface area contributed by atoms with Gasteiger partial charge >= 0.3 is 6.09 Å². The monoisotopic (exact) mass is 286 g/mol. The molecule has 0 saturated heterocycles. The molecule has 0 radical (unpaired) electrons. The minimum absolute atomic E-state index is 0. The number of anilines is 1. The van der Waals surface area contributed by atoms with Crippen molar-refractivity contribution in [1.29, 1.82) is 0 Å². The van der Waals surface area contributed by atoms with E-state index in [-0.39, 0.29) is 18.5 Å². The Hall–Kier alpha value is -1.33. The van der Waals surface area contributed by atoms with Crippen LogP contribution < -0.4 is 22.3 Å². The average molecular weight is 287 g/mol. The van der Waals surface area contributed by atoms with E-state index in [2.05, 4.69) is 5.32 Å². The molecular formula is C13H19ClN2O3. The molecule has 1 atom stereocenters. The SMILES string of the molecule is CC(C)(C)OC(=O)Nc1ccc[n+]2c1C[C@H](O)C2.[Cl-]. The summed E-state index contributed by atoms with van der Waals surface area (Å²) >= 11 is 0. The van der Waals surface area contributed by atoms with Crippen LogP contribution in [0.3, 0.4) is 0 Å². The number of carbonyl (C=O) groups is 1. The summed E-state index contributed by atoms with van der Waals surface area (Å²) in [7, 11) is 0. The van der Waals surface area contributed by atoms with E-state index in [1.807, 2.05) is 43.7 Å². The summed E-state index contributed by atoms with van der Waals surface area (Å²) in [4.78, 5) is 11.7. The van der Waals surface area contributed by atoms with Crippen molar-refractivity contribution in [2.24, 2.45) is 0 Å². The normalized spacial score (nSPS) is 17.4. The zero-order valence-electron chi connectivity index (χ0n) is 11.3. The fourth-order valence-electron chi connectivity index (χ4n) is 2.02. The predicted octanol–water partition coefficient (Wildman–Crippen LogP) is -1.76. The van der Waals surface area contributed by atoms with Crippen LogP contribution in [-0.4, -0.2) is 22.9 Å². The van der Waals surface area contributed by atoms with Gasteiger partial charge in [0.2, 0.25) is 5.69 Å². The summed E-state index contributed by atoms with van der Waals surface area (Å²) in [5, 5.41) is 12.4. The molecule has 5 nitrogen and oxygen atoms in total. The van der Waals surface area contributed by atoms with Crippen LogP contribution >= 0.6 is 0 Å². The quantitative estimate of drug-likeness (QED) is 0.602. The molecule has 2 heterocycles. The van der Waals surface area contributed by atoms with Crippen molar-refractivity contribution < 1.29 is 31.6 Å². The number of amides is 1. The van der Waals surface area contributed by atoms with Crippen LogP contribution in [-0.2, 0) is 17.7 Å². The molecule has 1 amide bonds. The Morgan fingerprint density at radius 3 is 2.84 bits per heavy atom. The minimum atomic E-state index is -0.519. The molecule has 0 saturated carbocycles. The highest BCUT2D eigenvalue weighted by atomic mass is 35.5. The number of hydrogen-bond acceptors (Lipinski definition) is 3. The third-order valence-electron chi connectivity index (χ3n) is 2.66. The molecule has 0 spiro atoms. The highest BCUT2D eigenvalue weighted by Crippen LogP contribution is 2.18. The second-order valence-corrected chi connectivity index (χ2v) is 5.51. The molecule has 0 fully saturated rings. The van der Waals surface area contributed by atoms with Crippen molar-refractivity contribution in [3.05, 3.63) is 24.0 Å². The van der Waals surface area contributed by atoms with Gasteiger partial charge in [-0.05, 0) is 26.8 Å². The Morgan fingerprint density at radius 1 is 1.53 bits per heavy atom. The van der Waals surface area contributed by atoms with Gasteiger partial charge in [0.15, 0.2) is 12.7 Å². The number of aliphatic hydroxyl groups excluding tert-OH is 1. The van der Waals surface area contributed by atoms with Crippen molar-refractivity contribution in [3.8, 4) is 0 Å². The van der Waals surface area contributed by atoms with Crippen LogP contribution in [0.15, 0.2) is 18.3 Å². The molecular weight excluding hydrogens is 268 g/mol. The summed E-state index contributed by atoms with van der Waals surface area (Å²) < 4.78 is 7.15. The van der Waals surface area contributed by atoms with Crippen LogP contribution in [0.5, 0.6) is 0 Å². The fraction of sp³-hybridized carbons (Fsp3) is 0.538. The van der Waals surface area contributed by atoms with Gasteiger partial charge in [-0.1, -0.05) is 0 Å². The number of carbonyl (C=O) groups excluding carboxylic acids is 1. The number of rotatable bonds is 1. The molecule has 2 N–H and O–H groups in total. The minimum Gasteiger partial charge on any atom is -1.00 e. The molecule has 6 heteroatoms. The molecule has 19 heavy (non-hydrogen) atoms. The lowest BCUT2D eigenvalue weighted by atomic mass is 10.2. The molecule has 0 bridgehead atoms. The fourth-order valence-corrected chi connectivity index (χ4v) is 2.02. The van der Waals surface area contributed by atoms with Gasteiger partial charge in [0.25, 0.3) is 0 Å². The largest absolute Gasteiger partial charge is 1.00 e. The van der Waals surface area contributed by atoms with Crippen molar-refractivity contribution >= 4 is 11.8 Å². The van der Waals surface area contributed by atoms with Gasteiger partial charge in [-0.3, -0.25) is 5.32 Å². The van der Waals surface area contributed by atoms with Crippen molar-refractivity contribution in [1.82, 2.24) is 0 Å². The Balaban J connectivity index is 0.00000180. The van der Waals surface area contributed by atoms with Crippen LogP contribution in [0.2, 0.25) is 0 Å². The molecule has 2 rings (SSSR count). The highest BCUT2D eigenvalue weighted by Gasteiger charge is 2.30. The first-order chi connectivity index (χ1) is 8.35. The summed E-state index contributed by atoms with van der Waals surface area (Å²) in [5.41, 5.74) is 1.11. The van der Waals surface area contributed by atoms with Crippen LogP contribution in [0.1, 0.15) is 26.5 Å². The van der Waals surface area contributed by atoms with Crippen LogP contribution in [0, 0.1) is 0 Å². The van der Waals surface area contributed by atoms with Gasteiger partial charge < -0.3 is 22.3 Å². The van der Waals surface area contributed by atoms with Gasteiger partial charge in [0.05, 0.1) is 6.42 Å². The van der Waals surface area contributed by atoms with E-state index >= 15 is 0 Å². The Kier molecular flexibility index (Phi) is 4.76. The molecule has 0 aliphatic carbocycles. The first-order valence-corrected chi connectivity index (χ1v) is 6.04. The number of nitrogens with zero attached hydrogens (tertiary/aromatic N) is 1. The molecule has 0 unspecified atom stereocenters. The average Bonchev–Trinajstić information content (AvgIpc) is 2.56. The van der Waals surface area contributed by atoms with Gasteiger partial charge in [0.1, 0.15) is 17.4 Å². The number of aromatic nitrogens is 1. The smallest absolute Gasteiger partial charge is 0.412 e. The maximum absolute atomic E-state index is 11.7. The van der Waals surface area contributed by atoms with Crippen molar-refractivity contribution in [2.45, 2.75) is 45.4 Å². The standard InChI is InChI=1S/C13H18N2O3.ClH/c1-13(2,3)18-12(17)14-10-5-4-6-15-8-9(16)7-11(10)15;/h4-6,9,16H,7-8H2,1-3H3;1H/t9-;/m0./s1. The maximum Gasteiger partial charge on any atom is 0.412 e. The first-order valence-electron chi connectivity index (χ1n) is 6.04. The topological polar surface area (TPSA) is 62.4 Å². The van der Waals surface area contributed by atoms with E-state index < -0.39 is 11.7 Å². The maximum atomic E-state index is 11.7. The summed E-state index contributed by atoms with van der Waals surface area (Å²) in [6, 6.07) is 3.65. The van der Waals surface area contributed by atoms with E-state index in [0.29, 0.717) is 18.7 Å². The van der Waals surface area contributed by atoms with E-state index in [1.165, 1.54) is 0 Å². The Bertz CT molecular complexity index is 471. The number of halogens is 1. The zero-order valence-corrected chi connectivity index (χ0v) is 12.1. The van der Waals surface area contributed by atoms with Gasteiger partial charge in [0, 0.05) is 6.07 Å². The van der Waals surface area contributed by atoms with E-state index in [0.717, 1.165) is 5.69 Å². The Labute approximate surface area is 119 Å². The molecule has 1 aromatic rings. The zero-order chi connectivity index (χ0) is 13.3. The molecule has 1 aliphatic heterocycles. The second-order valence-electron chi connectivity index (χ2n) is 5.51. The van der Waals surface area contributed by atoms with Crippen molar-refractivity contribution in [2.75, 3.05) is 5.32 Å². The summed E-state index contributed by atoms with van der Waals surface area (Å²) in [5.74, 6) is 0. The molecule has 1 aromatic heterocycles. The molecule has 1 aliphatic rings. The second kappa shape index (κ2) is 5.75. The third kappa shape index (κ3) is 4.08. The summed E-state index contributed by atoms with van der Waals surface area (Å²) in [6.45, 7) is 6.03. The number of ether oxygens (including phenoxy) is 1. The number of fused-ring (bicyclic) bond motifs is 1. The summed E-state index contributed by atoms with van der Waals surface area (Å²) in [6.07, 6.45) is 1.59. The Morgan fingerprint density at radius 2 is 2.21 bits per heavy atom. The first kappa shape index (κ1) is 15.7. The van der Waals surface area contributed by atoms with Crippen LogP contribution in [0.4, 0.5) is 10.5 Å². The lowest BCUT2D eigenvalue weighted by molar-refractivity contribution is -0.694. The molecule has 106 valence electrons. The van der Waals surface area contributed by atoms with Crippen molar-refractivity contribution in [3.63, 3.8) is 0 Å². The lowest BCUT2D eigenvalue weighted by Gasteiger charge is -2.19. The number of pyridine rings is 1. The predicted molar refractivity (Wildman–Crippen MR) is 66.2 cm³/mol. The van der Waals surface area contributed by atoms with Gasteiger partial charge in [-0.15, -0.1) is 0 Å². The third-order valence-corrected chi connectivity index (χ3v) is 2.66. The molecule has 0 aromatic carbocycles. The highest BCUT2D eigenvalue weighted by molar-refractivity contribution is 5.85. The van der Waals surface area contributed by atoms with Gasteiger partial charge in [-0.25, -0.2) is 4.79 Å². The van der Waals surface area contributed by atoms with E-state index in [9.17, 15) is 9.90 Å². The van der Waals surface area contributed by atoms with Gasteiger partial charge in [-0.2, -0.15) is 4.57 Å². The van der Waals surface area contributed by atoms with E-state index in [1.54, 1.807) is 0 Å². The number of hydrogen-bond donors (Lipinski definition) is 2. The van der Waals surface area contributed by atoms with Crippen LogP contribution in [0.25, 0.3) is 0 Å². The number of nitrogens with one attached hydrogen (secondary N) is 1. The number of aliphatic hydroxyl groups is 1. The van der Waals surface area contributed by atoms with E-state index in [4.69, 9.17) is 4.74 Å². The lowest BCUT2D eigenvalue weighted by Crippen LogP contribution is -3.00.